The van der Waals surface area contributed by atoms with E-state index in [9.17, 15) is 4.79 Å². The van der Waals surface area contributed by atoms with Crippen molar-refractivity contribution in [2.45, 2.75) is 29.9 Å². The average Bonchev–Trinajstić information content (AvgIpc) is 2.55. The number of rotatable bonds is 6. The molecule has 1 aliphatic heterocycles. The van der Waals surface area contributed by atoms with Crippen LogP contribution in [0.5, 0.6) is 0 Å². The number of nitrogens with zero attached hydrogens (tertiary/aromatic N) is 2. The van der Waals surface area contributed by atoms with Crippen molar-refractivity contribution in [2.24, 2.45) is 5.92 Å². The minimum Gasteiger partial charge on any atom is -0.337 e. The molecule has 1 atom stereocenters. The van der Waals surface area contributed by atoms with Crippen LogP contribution in [0.15, 0.2) is 35.2 Å². The van der Waals surface area contributed by atoms with E-state index in [0.29, 0.717) is 17.7 Å². The highest BCUT2D eigenvalue weighted by Gasteiger charge is 2.20. The van der Waals surface area contributed by atoms with Gasteiger partial charge in [0.15, 0.2) is 0 Å². The summed E-state index contributed by atoms with van der Waals surface area (Å²) in [6.45, 7) is 5.99. The number of likely N-dealkylation sites (tertiary alicyclic amines) is 1. The summed E-state index contributed by atoms with van der Waals surface area (Å²) in [4.78, 5) is 17.7. The third-order valence-corrected chi connectivity index (χ3v) is 5.45. The Labute approximate surface area is 144 Å². The van der Waals surface area contributed by atoms with Crippen molar-refractivity contribution in [3.8, 4) is 0 Å². The molecule has 1 aromatic carbocycles. The quantitative estimate of drug-likeness (QED) is 0.811. The maximum absolute atomic E-state index is 12.2. The first-order valence-electron chi connectivity index (χ1n) is 8.44. The first-order valence-corrected chi connectivity index (χ1v) is 9.31. The maximum atomic E-state index is 12.2. The van der Waals surface area contributed by atoms with Crippen molar-refractivity contribution in [2.75, 3.05) is 40.3 Å². The fourth-order valence-corrected chi connectivity index (χ4v) is 3.80. The Morgan fingerprint density at radius 1 is 1.35 bits per heavy atom. The highest BCUT2D eigenvalue weighted by molar-refractivity contribution is 8.00. The summed E-state index contributed by atoms with van der Waals surface area (Å²) in [5.41, 5.74) is 0. The van der Waals surface area contributed by atoms with Gasteiger partial charge in [-0.2, -0.15) is 0 Å². The predicted molar refractivity (Wildman–Crippen MR) is 98.0 cm³/mol. The Balaban J connectivity index is 1.67. The molecule has 2 rings (SSSR count). The van der Waals surface area contributed by atoms with Gasteiger partial charge in [0.25, 0.3) is 0 Å². The van der Waals surface area contributed by atoms with Gasteiger partial charge >= 0.3 is 6.03 Å². The molecule has 2 amide bonds. The molecule has 1 aromatic rings. The van der Waals surface area contributed by atoms with Crippen molar-refractivity contribution in [1.82, 2.24) is 15.1 Å². The molecule has 0 unspecified atom stereocenters. The van der Waals surface area contributed by atoms with Crippen LogP contribution in [-0.2, 0) is 0 Å². The molecule has 4 nitrogen and oxygen atoms in total. The number of thioether (sulfide) groups is 1. The zero-order chi connectivity index (χ0) is 16.7. The summed E-state index contributed by atoms with van der Waals surface area (Å²) in [7, 11) is 4.07. The number of urea groups is 1. The van der Waals surface area contributed by atoms with Crippen LogP contribution in [0.3, 0.4) is 0 Å². The van der Waals surface area contributed by atoms with Gasteiger partial charge < -0.3 is 15.1 Å². The SMILES string of the molecule is C[C@@H](CNC(=O)N(C)CC1CCN(C)CC1)Sc1ccccc1. The van der Waals surface area contributed by atoms with E-state index in [0.717, 1.165) is 19.6 Å². The van der Waals surface area contributed by atoms with Crippen LogP contribution < -0.4 is 5.32 Å². The van der Waals surface area contributed by atoms with Crippen LogP contribution >= 0.6 is 11.8 Å². The Morgan fingerprint density at radius 3 is 2.65 bits per heavy atom. The van der Waals surface area contributed by atoms with Gasteiger partial charge in [-0.15, -0.1) is 11.8 Å². The minimum atomic E-state index is 0.0458. The lowest BCUT2D eigenvalue weighted by atomic mass is 9.97. The van der Waals surface area contributed by atoms with Crippen molar-refractivity contribution in [1.29, 1.82) is 0 Å². The van der Waals surface area contributed by atoms with Gasteiger partial charge in [-0.05, 0) is 51.0 Å². The van der Waals surface area contributed by atoms with Crippen LogP contribution in [0, 0.1) is 5.92 Å². The zero-order valence-electron chi connectivity index (χ0n) is 14.5. The third-order valence-electron chi connectivity index (χ3n) is 4.34. The Hall–Kier alpha value is -1.20. The van der Waals surface area contributed by atoms with Gasteiger partial charge in [-0.1, -0.05) is 25.1 Å². The number of piperidine rings is 1. The summed E-state index contributed by atoms with van der Waals surface area (Å²) in [5, 5.41) is 3.42. The second-order valence-corrected chi connectivity index (χ2v) is 8.07. The fourth-order valence-electron chi connectivity index (χ4n) is 2.85. The van der Waals surface area contributed by atoms with Gasteiger partial charge in [-0.3, -0.25) is 0 Å². The smallest absolute Gasteiger partial charge is 0.317 e. The van der Waals surface area contributed by atoms with Crippen LogP contribution in [0.25, 0.3) is 0 Å². The van der Waals surface area contributed by atoms with Crippen LogP contribution in [0.1, 0.15) is 19.8 Å². The molecule has 128 valence electrons. The van der Waals surface area contributed by atoms with Gasteiger partial charge in [0.1, 0.15) is 0 Å². The zero-order valence-corrected chi connectivity index (χ0v) is 15.3. The molecule has 1 heterocycles. The van der Waals surface area contributed by atoms with E-state index in [1.165, 1.54) is 17.7 Å². The Morgan fingerprint density at radius 2 is 2.00 bits per heavy atom. The molecule has 1 aliphatic rings. The van der Waals surface area contributed by atoms with Gasteiger partial charge in [0.2, 0.25) is 0 Å². The summed E-state index contributed by atoms with van der Waals surface area (Å²) in [6.07, 6.45) is 2.38. The highest BCUT2D eigenvalue weighted by atomic mass is 32.2. The van der Waals surface area contributed by atoms with Gasteiger partial charge in [0.05, 0.1) is 0 Å². The molecule has 0 spiro atoms. The van der Waals surface area contributed by atoms with E-state index in [4.69, 9.17) is 0 Å². The van der Waals surface area contributed by atoms with Crippen molar-refractivity contribution < 1.29 is 4.79 Å². The van der Waals surface area contributed by atoms with Crippen LogP contribution in [0.2, 0.25) is 0 Å². The molecule has 1 fully saturated rings. The normalized spacial score (nSPS) is 17.7. The van der Waals surface area contributed by atoms with Gasteiger partial charge in [-0.25, -0.2) is 4.79 Å². The number of benzene rings is 1. The van der Waals surface area contributed by atoms with E-state index in [2.05, 4.69) is 36.3 Å². The predicted octanol–water partition coefficient (Wildman–Crippen LogP) is 3.15. The number of hydrogen-bond acceptors (Lipinski definition) is 3. The largest absolute Gasteiger partial charge is 0.337 e. The molecule has 1 saturated heterocycles. The second kappa shape index (κ2) is 9.18. The fraction of sp³-hybridized carbons (Fsp3) is 0.611. The second-order valence-electron chi connectivity index (χ2n) is 6.55. The molecule has 0 saturated carbocycles. The molecular weight excluding hydrogens is 306 g/mol. The van der Waals surface area contributed by atoms with Gasteiger partial charge in [0, 0.05) is 30.3 Å². The topological polar surface area (TPSA) is 35.6 Å². The standard InChI is InChI=1S/C18H29N3OS/c1-15(23-17-7-5-4-6-8-17)13-19-18(22)21(3)14-16-9-11-20(2)12-10-16/h4-8,15-16H,9-14H2,1-3H3,(H,19,22)/t15-/m0/s1. The van der Waals surface area contributed by atoms with E-state index in [1.54, 1.807) is 11.8 Å². The van der Waals surface area contributed by atoms with Crippen molar-refractivity contribution in [3.63, 3.8) is 0 Å². The summed E-state index contributed by atoms with van der Waals surface area (Å²) in [6, 6.07) is 10.4. The lowest BCUT2D eigenvalue weighted by Gasteiger charge is -2.31. The lowest BCUT2D eigenvalue weighted by molar-refractivity contribution is 0.170. The highest BCUT2D eigenvalue weighted by Crippen LogP contribution is 2.22. The summed E-state index contributed by atoms with van der Waals surface area (Å²) in [5.74, 6) is 0.637. The molecule has 0 bridgehead atoms. The third kappa shape index (κ3) is 6.43. The number of hydrogen-bond donors (Lipinski definition) is 1. The first-order chi connectivity index (χ1) is 11.0. The lowest BCUT2D eigenvalue weighted by Crippen LogP contribution is -2.43. The Bertz CT molecular complexity index is 474. The van der Waals surface area contributed by atoms with Crippen LogP contribution in [-0.4, -0.2) is 61.4 Å². The maximum Gasteiger partial charge on any atom is 0.317 e. The molecule has 0 radical (unpaired) electrons. The number of carbonyl (C=O) groups is 1. The van der Waals surface area contributed by atoms with E-state index in [1.807, 2.05) is 30.1 Å². The van der Waals surface area contributed by atoms with E-state index < -0.39 is 0 Å². The monoisotopic (exact) mass is 335 g/mol. The molecular formula is C18H29N3OS. The van der Waals surface area contributed by atoms with E-state index in [-0.39, 0.29) is 6.03 Å². The number of nitrogens with one attached hydrogen (secondary N) is 1. The molecule has 0 aliphatic carbocycles. The Kier molecular flexibility index (Phi) is 7.24. The molecule has 5 heteroatoms. The minimum absolute atomic E-state index is 0.0458. The molecule has 1 N–H and O–H groups in total. The first kappa shape index (κ1) is 18.1. The van der Waals surface area contributed by atoms with Crippen molar-refractivity contribution in [3.05, 3.63) is 30.3 Å². The molecule has 23 heavy (non-hydrogen) atoms. The number of carbonyl (C=O) groups excluding carboxylic acids is 1. The summed E-state index contributed by atoms with van der Waals surface area (Å²) >= 11 is 1.79. The van der Waals surface area contributed by atoms with E-state index >= 15 is 0 Å². The average molecular weight is 336 g/mol. The number of amides is 2. The molecule has 0 aromatic heterocycles. The summed E-state index contributed by atoms with van der Waals surface area (Å²) < 4.78 is 0. The van der Waals surface area contributed by atoms with Crippen molar-refractivity contribution >= 4 is 17.8 Å². The van der Waals surface area contributed by atoms with Crippen LogP contribution in [0.4, 0.5) is 4.79 Å².